The standard InChI is InChI=1S/C18H24N4O2S/c1-11(2)17-21-15(10-25-17)7-8-19-18(24)22-14-6-5-12(3)16(9-14)20-13(4)23/h5-6,9-11H,7-8H2,1-4H3,(H,20,23)(H2,19,22,24). The van der Waals surface area contributed by atoms with Crippen LogP contribution in [-0.2, 0) is 11.2 Å². The van der Waals surface area contributed by atoms with Crippen LogP contribution in [0.5, 0.6) is 0 Å². The maximum Gasteiger partial charge on any atom is 0.319 e. The molecule has 6 nitrogen and oxygen atoms in total. The molecule has 0 saturated carbocycles. The lowest BCUT2D eigenvalue weighted by Crippen LogP contribution is -2.30. The third-order valence-electron chi connectivity index (χ3n) is 3.54. The summed E-state index contributed by atoms with van der Waals surface area (Å²) in [6.07, 6.45) is 0.696. The first-order valence-corrected chi connectivity index (χ1v) is 9.10. The average Bonchev–Trinajstić information content (AvgIpc) is 2.99. The van der Waals surface area contributed by atoms with Gasteiger partial charge in [-0.15, -0.1) is 11.3 Å². The van der Waals surface area contributed by atoms with Crippen LogP contribution in [0.1, 0.15) is 43.0 Å². The summed E-state index contributed by atoms with van der Waals surface area (Å²) in [5, 5.41) is 11.5. The van der Waals surface area contributed by atoms with Crippen LogP contribution in [-0.4, -0.2) is 23.5 Å². The Morgan fingerprint density at radius 3 is 2.64 bits per heavy atom. The van der Waals surface area contributed by atoms with Gasteiger partial charge >= 0.3 is 6.03 Å². The molecule has 0 aliphatic rings. The van der Waals surface area contributed by atoms with Gasteiger partial charge in [-0.2, -0.15) is 0 Å². The summed E-state index contributed by atoms with van der Waals surface area (Å²) in [6.45, 7) is 8.09. The van der Waals surface area contributed by atoms with Crippen LogP contribution in [0.2, 0.25) is 0 Å². The fourth-order valence-electron chi connectivity index (χ4n) is 2.21. The maximum atomic E-state index is 12.0. The normalized spacial score (nSPS) is 10.6. The monoisotopic (exact) mass is 360 g/mol. The van der Waals surface area contributed by atoms with Gasteiger partial charge in [-0.3, -0.25) is 4.79 Å². The molecule has 0 spiro atoms. The van der Waals surface area contributed by atoms with Crippen molar-refractivity contribution in [1.82, 2.24) is 10.3 Å². The highest BCUT2D eigenvalue weighted by Crippen LogP contribution is 2.20. The van der Waals surface area contributed by atoms with Crippen LogP contribution in [0.4, 0.5) is 16.2 Å². The molecule has 2 aromatic rings. The molecule has 0 bridgehead atoms. The van der Waals surface area contributed by atoms with Crippen molar-refractivity contribution >= 4 is 34.6 Å². The van der Waals surface area contributed by atoms with Crippen LogP contribution >= 0.6 is 11.3 Å². The number of urea groups is 1. The van der Waals surface area contributed by atoms with Crippen LogP contribution in [0, 0.1) is 6.92 Å². The van der Waals surface area contributed by atoms with E-state index in [1.54, 1.807) is 23.5 Å². The molecule has 0 saturated heterocycles. The fraction of sp³-hybridized carbons (Fsp3) is 0.389. The topological polar surface area (TPSA) is 83.1 Å². The van der Waals surface area contributed by atoms with Crippen molar-refractivity contribution in [2.45, 2.75) is 40.0 Å². The number of hydrogen-bond donors (Lipinski definition) is 3. The number of aromatic nitrogens is 1. The van der Waals surface area contributed by atoms with Crippen molar-refractivity contribution in [3.05, 3.63) is 39.8 Å². The second-order valence-corrected chi connectivity index (χ2v) is 7.06. The number of benzene rings is 1. The molecule has 1 heterocycles. The molecule has 134 valence electrons. The summed E-state index contributed by atoms with van der Waals surface area (Å²) in [5.41, 5.74) is 3.25. The summed E-state index contributed by atoms with van der Waals surface area (Å²) < 4.78 is 0. The SMILES string of the molecule is CC(=O)Nc1cc(NC(=O)NCCc2csc(C(C)C)n2)ccc1C. The third-order valence-corrected chi connectivity index (χ3v) is 4.73. The Morgan fingerprint density at radius 2 is 2.00 bits per heavy atom. The molecular formula is C18H24N4O2S. The van der Waals surface area contributed by atoms with Gasteiger partial charge in [-0.25, -0.2) is 9.78 Å². The van der Waals surface area contributed by atoms with Crippen molar-refractivity contribution in [2.75, 3.05) is 17.2 Å². The number of amides is 3. The van der Waals surface area contributed by atoms with Crippen LogP contribution < -0.4 is 16.0 Å². The van der Waals surface area contributed by atoms with E-state index in [1.807, 2.05) is 18.4 Å². The Labute approximate surface area is 152 Å². The molecule has 7 heteroatoms. The Balaban J connectivity index is 1.84. The fourth-order valence-corrected chi connectivity index (χ4v) is 3.08. The highest BCUT2D eigenvalue weighted by Gasteiger charge is 2.08. The summed E-state index contributed by atoms with van der Waals surface area (Å²) in [5.74, 6) is 0.281. The van der Waals surface area contributed by atoms with E-state index in [2.05, 4.69) is 34.8 Å². The molecule has 0 atom stereocenters. The first kappa shape index (κ1) is 18.9. The zero-order chi connectivity index (χ0) is 18.4. The molecule has 0 radical (unpaired) electrons. The second kappa shape index (κ2) is 8.62. The molecule has 0 aliphatic carbocycles. The Bertz CT molecular complexity index is 755. The van der Waals surface area contributed by atoms with E-state index in [-0.39, 0.29) is 11.9 Å². The predicted octanol–water partition coefficient (Wildman–Crippen LogP) is 3.90. The minimum Gasteiger partial charge on any atom is -0.337 e. The Morgan fingerprint density at radius 1 is 1.24 bits per heavy atom. The summed E-state index contributed by atoms with van der Waals surface area (Å²) in [7, 11) is 0. The lowest BCUT2D eigenvalue weighted by atomic mass is 10.2. The first-order valence-electron chi connectivity index (χ1n) is 8.22. The predicted molar refractivity (Wildman–Crippen MR) is 102 cm³/mol. The first-order chi connectivity index (χ1) is 11.8. The highest BCUT2D eigenvalue weighted by atomic mass is 32.1. The third kappa shape index (κ3) is 5.86. The zero-order valence-electron chi connectivity index (χ0n) is 15.0. The van der Waals surface area contributed by atoms with Gasteiger partial charge in [0.25, 0.3) is 0 Å². The number of hydrogen-bond acceptors (Lipinski definition) is 4. The quantitative estimate of drug-likeness (QED) is 0.730. The largest absolute Gasteiger partial charge is 0.337 e. The molecule has 3 N–H and O–H groups in total. The van der Waals surface area contributed by atoms with Gasteiger partial charge in [-0.05, 0) is 24.6 Å². The maximum absolute atomic E-state index is 12.0. The Kier molecular flexibility index (Phi) is 6.52. The van der Waals surface area contributed by atoms with Gasteiger partial charge in [0.05, 0.1) is 10.7 Å². The number of nitrogens with zero attached hydrogens (tertiary/aromatic N) is 1. The molecule has 1 aromatic heterocycles. The zero-order valence-corrected chi connectivity index (χ0v) is 15.8. The van der Waals surface area contributed by atoms with Crippen molar-refractivity contribution in [3.63, 3.8) is 0 Å². The van der Waals surface area contributed by atoms with Gasteiger partial charge < -0.3 is 16.0 Å². The lowest BCUT2D eigenvalue weighted by Gasteiger charge is -2.11. The van der Waals surface area contributed by atoms with E-state index in [0.29, 0.717) is 30.3 Å². The number of carbonyl (C=O) groups excluding carboxylic acids is 2. The van der Waals surface area contributed by atoms with Gasteiger partial charge in [0.2, 0.25) is 5.91 Å². The highest BCUT2D eigenvalue weighted by molar-refractivity contribution is 7.09. The minimum atomic E-state index is -0.281. The molecule has 0 fully saturated rings. The van der Waals surface area contributed by atoms with Gasteiger partial charge in [0.1, 0.15) is 0 Å². The van der Waals surface area contributed by atoms with E-state index in [4.69, 9.17) is 0 Å². The van der Waals surface area contributed by atoms with Crippen LogP contribution in [0.15, 0.2) is 23.6 Å². The number of nitrogens with one attached hydrogen (secondary N) is 3. The number of thiazole rings is 1. The number of carbonyl (C=O) groups is 2. The van der Waals surface area contributed by atoms with E-state index in [1.165, 1.54) is 6.92 Å². The molecular weight excluding hydrogens is 336 g/mol. The smallest absolute Gasteiger partial charge is 0.319 e. The molecule has 0 unspecified atom stereocenters. The second-order valence-electron chi connectivity index (χ2n) is 6.17. The minimum absolute atomic E-state index is 0.145. The Hall–Kier alpha value is -2.41. The van der Waals surface area contributed by atoms with Crippen LogP contribution in [0.3, 0.4) is 0 Å². The molecule has 0 aliphatic heterocycles. The van der Waals surface area contributed by atoms with Gasteiger partial charge in [0, 0.05) is 42.6 Å². The molecule has 1 aromatic carbocycles. The van der Waals surface area contributed by atoms with Gasteiger partial charge in [0.15, 0.2) is 0 Å². The number of rotatable bonds is 6. The van der Waals surface area contributed by atoms with Crippen molar-refractivity contribution < 1.29 is 9.59 Å². The summed E-state index contributed by atoms with van der Waals surface area (Å²) in [6, 6.07) is 5.11. The van der Waals surface area contributed by atoms with Crippen molar-refractivity contribution in [2.24, 2.45) is 0 Å². The number of anilines is 2. The lowest BCUT2D eigenvalue weighted by molar-refractivity contribution is -0.114. The van der Waals surface area contributed by atoms with E-state index in [0.717, 1.165) is 16.3 Å². The van der Waals surface area contributed by atoms with Crippen molar-refractivity contribution in [3.8, 4) is 0 Å². The van der Waals surface area contributed by atoms with Crippen LogP contribution in [0.25, 0.3) is 0 Å². The molecule has 3 amide bonds. The summed E-state index contributed by atoms with van der Waals surface area (Å²) >= 11 is 1.65. The van der Waals surface area contributed by atoms with E-state index >= 15 is 0 Å². The van der Waals surface area contributed by atoms with Gasteiger partial charge in [-0.1, -0.05) is 19.9 Å². The van der Waals surface area contributed by atoms with Crippen molar-refractivity contribution in [1.29, 1.82) is 0 Å². The number of aryl methyl sites for hydroxylation is 1. The molecule has 2 rings (SSSR count). The summed E-state index contributed by atoms with van der Waals surface area (Å²) in [4.78, 5) is 27.8. The van der Waals surface area contributed by atoms with E-state index in [9.17, 15) is 9.59 Å². The molecule has 25 heavy (non-hydrogen) atoms. The van der Waals surface area contributed by atoms with E-state index < -0.39 is 0 Å². The average molecular weight is 360 g/mol.